The van der Waals surface area contributed by atoms with Gasteiger partial charge in [0.1, 0.15) is 0 Å². The Balaban J connectivity index is 2.95. The van der Waals surface area contributed by atoms with Crippen LogP contribution in [-0.4, -0.2) is 18.8 Å². The minimum Gasteiger partial charge on any atom is -0.469 e. The van der Waals surface area contributed by atoms with Crippen LogP contribution in [0, 0.1) is 0 Å². The summed E-state index contributed by atoms with van der Waals surface area (Å²) < 4.78 is 4.55. The second kappa shape index (κ2) is 9.90. The van der Waals surface area contributed by atoms with Crippen LogP contribution >= 0.6 is 12.6 Å². The molecule has 0 aromatic rings. The quantitative estimate of drug-likeness (QED) is 0.374. The Bertz CT molecular complexity index is 126. The van der Waals surface area contributed by atoms with Gasteiger partial charge in [-0.25, -0.2) is 0 Å². The van der Waals surface area contributed by atoms with Crippen molar-refractivity contribution >= 4 is 18.6 Å². The van der Waals surface area contributed by atoms with E-state index in [1.54, 1.807) is 0 Å². The van der Waals surface area contributed by atoms with Gasteiger partial charge in [0.15, 0.2) is 0 Å². The zero-order chi connectivity index (χ0) is 9.94. The first-order valence-electron chi connectivity index (χ1n) is 4.99. The third-order valence-corrected chi connectivity index (χ3v) is 2.33. The molecule has 0 bridgehead atoms. The van der Waals surface area contributed by atoms with Gasteiger partial charge >= 0.3 is 5.97 Å². The summed E-state index contributed by atoms with van der Waals surface area (Å²) in [5.74, 6) is 0.901. The fraction of sp³-hybridized carbons (Fsp3) is 0.900. The van der Waals surface area contributed by atoms with Gasteiger partial charge in [-0.1, -0.05) is 25.7 Å². The maximum atomic E-state index is 10.7. The average molecular weight is 204 g/mol. The maximum absolute atomic E-state index is 10.7. The van der Waals surface area contributed by atoms with E-state index in [0.29, 0.717) is 6.42 Å². The fourth-order valence-electron chi connectivity index (χ4n) is 1.19. The number of methoxy groups -OCH3 is 1. The molecule has 0 rings (SSSR count). The summed E-state index contributed by atoms with van der Waals surface area (Å²) in [5, 5.41) is 0. The Morgan fingerprint density at radius 2 is 1.62 bits per heavy atom. The minimum atomic E-state index is -0.0876. The van der Waals surface area contributed by atoms with E-state index >= 15 is 0 Å². The molecule has 0 heterocycles. The van der Waals surface area contributed by atoms with Crippen molar-refractivity contribution in [1.29, 1.82) is 0 Å². The van der Waals surface area contributed by atoms with E-state index in [-0.39, 0.29) is 5.97 Å². The number of esters is 1. The molecule has 2 nitrogen and oxygen atoms in total. The average Bonchev–Trinajstić information content (AvgIpc) is 2.16. The Kier molecular flexibility index (Phi) is 9.77. The van der Waals surface area contributed by atoms with Gasteiger partial charge in [0.05, 0.1) is 7.11 Å². The molecule has 0 aromatic heterocycles. The molecule has 0 aliphatic heterocycles. The number of unbranched alkanes of at least 4 members (excludes halogenated alkanes) is 5. The van der Waals surface area contributed by atoms with Gasteiger partial charge in [-0.2, -0.15) is 12.6 Å². The monoisotopic (exact) mass is 204 g/mol. The number of carbonyl (C=O) groups excluding carboxylic acids is 1. The van der Waals surface area contributed by atoms with E-state index in [1.165, 1.54) is 32.8 Å². The third-order valence-electron chi connectivity index (χ3n) is 2.02. The van der Waals surface area contributed by atoms with E-state index in [2.05, 4.69) is 17.4 Å². The molecule has 13 heavy (non-hydrogen) atoms. The number of hydrogen-bond donors (Lipinski definition) is 1. The summed E-state index contributed by atoms with van der Waals surface area (Å²) >= 11 is 4.14. The summed E-state index contributed by atoms with van der Waals surface area (Å²) in [4.78, 5) is 10.7. The molecule has 0 spiro atoms. The largest absolute Gasteiger partial charge is 0.469 e. The van der Waals surface area contributed by atoms with Crippen LogP contribution in [0.3, 0.4) is 0 Å². The van der Waals surface area contributed by atoms with Crippen molar-refractivity contribution in [3.05, 3.63) is 0 Å². The Morgan fingerprint density at radius 1 is 1.08 bits per heavy atom. The SMILES string of the molecule is COC(=O)CCCCCCCCS. The van der Waals surface area contributed by atoms with Crippen molar-refractivity contribution in [1.82, 2.24) is 0 Å². The van der Waals surface area contributed by atoms with Crippen LogP contribution in [0.1, 0.15) is 44.9 Å². The Morgan fingerprint density at radius 3 is 2.15 bits per heavy atom. The number of rotatable bonds is 8. The van der Waals surface area contributed by atoms with E-state index in [9.17, 15) is 4.79 Å². The second-order valence-corrected chi connectivity index (χ2v) is 3.62. The van der Waals surface area contributed by atoms with Crippen LogP contribution in [0.5, 0.6) is 0 Å². The first kappa shape index (κ1) is 12.8. The van der Waals surface area contributed by atoms with Crippen LogP contribution < -0.4 is 0 Å². The van der Waals surface area contributed by atoms with Crippen molar-refractivity contribution in [3.8, 4) is 0 Å². The summed E-state index contributed by atoms with van der Waals surface area (Å²) in [6.45, 7) is 0. The van der Waals surface area contributed by atoms with E-state index in [4.69, 9.17) is 0 Å². The van der Waals surface area contributed by atoms with Crippen LogP contribution in [0.15, 0.2) is 0 Å². The standard InChI is InChI=1S/C10H20O2S/c1-12-10(11)8-6-4-2-3-5-7-9-13/h13H,2-9H2,1H3. The van der Waals surface area contributed by atoms with Gasteiger partial charge in [-0.05, 0) is 18.6 Å². The molecule has 0 saturated carbocycles. The number of hydrogen-bond acceptors (Lipinski definition) is 3. The van der Waals surface area contributed by atoms with Crippen LogP contribution in [0.2, 0.25) is 0 Å². The van der Waals surface area contributed by atoms with Gasteiger partial charge in [-0.3, -0.25) is 4.79 Å². The minimum absolute atomic E-state index is 0.0876. The molecular formula is C10H20O2S. The Hall–Kier alpha value is -0.180. The van der Waals surface area contributed by atoms with Crippen LogP contribution in [-0.2, 0) is 9.53 Å². The van der Waals surface area contributed by atoms with Crippen molar-refractivity contribution < 1.29 is 9.53 Å². The number of thiol groups is 1. The van der Waals surface area contributed by atoms with Gasteiger partial charge < -0.3 is 4.74 Å². The molecule has 0 aromatic carbocycles. The predicted octanol–water partition coefficient (Wildman–Crippen LogP) is 2.82. The van der Waals surface area contributed by atoms with E-state index in [1.807, 2.05) is 0 Å². The highest BCUT2D eigenvalue weighted by Crippen LogP contribution is 2.07. The molecule has 3 heteroatoms. The second-order valence-electron chi connectivity index (χ2n) is 3.17. The molecule has 0 aliphatic rings. The number of ether oxygens (including phenoxy) is 1. The summed E-state index contributed by atoms with van der Waals surface area (Å²) in [6, 6.07) is 0. The summed E-state index contributed by atoms with van der Waals surface area (Å²) in [6.07, 6.45) is 7.65. The fourth-order valence-corrected chi connectivity index (χ4v) is 1.41. The zero-order valence-corrected chi connectivity index (χ0v) is 9.31. The lowest BCUT2D eigenvalue weighted by atomic mass is 10.1. The van der Waals surface area contributed by atoms with Crippen molar-refractivity contribution in [3.63, 3.8) is 0 Å². The molecule has 0 fully saturated rings. The first-order valence-corrected chi connectivity index (χ1v) is 5.62. The molecule has 78 valence electrons. The lowest BCUT2D eigenvalue weighted by molar-refractivity contribution is -0.140. The molecule has 0 N–H and O–H groups in total. The summed E-state index contributed by atoms with van der Waals surface area (Å²) in [5.41, 5.74) is 0. The highest BCUT2D eigenvalue weighted by atomic mass is 32.1. The highest BCUT2D eigenvalue weighted by Gasteiger charge is 1.98. The number of carbonyl (C=O) groups is 1. The molecule has 0 aliphatic carbocycles. The molecule has 0 radical (unpaired) electrons. The van der Waals surface area contributed by atoms with Gasteiger partial charge in [0.25, 0.3) is 0 Å². The van der Waals surface area contributed by atoms with Gasteiger partial charge in [0, 0.05) is 6.42 Å². The third kappa shape index (κ3) is 9.74. The van der Waals surface area contributed by atoms with E-state index < -0.39 is 0 Å². The summed E-state index contributed by atoms with van der Waals surface area (Å²) in [7, 11) is 1.44. The zero-order valence-electron chi connectivity index (χ0n) is 8.42. The van der Waals surface area contributed by atoms with Crippen LogP contribution in [0.4, 0.5) is 0 Å². The van der Waals surface area contributed by atoms with E-state index in [0.717, 1.165) is 18.6 Å². The smallest absolute Gasteiger partial charge is 0.305 e. The Labute approximate surface area is 86.5 Å². The van der Waals surface area contributed by atoms with Crippen LogP contribution in [0.25, 0.3) is 0 Å². The van der Waals surface area contributed by atoms with Crippen molar-refractivity contribution in [2.45, 2.75) is 44.9 Å². The normalized spacial score (nSPS) is 10.0. The predicted molar refractivity (Wildman–Crippen MR) is 58.2 cm³/mol. The van der Waals surface area contributed by atoms with Gasteiger partial charge in [-0.15, -0.1) is 0 Å². The molecule has 0 saturated heterocycles. The molecule has 0 unspecified atom stereocenters. The topological polar surface area (TPSA) is 26.3 Å². The lowest BCUT2D eigenvalue weighted by Crippen LogP contribution is -1.99. The van der Waals surface area contributed by atoms with Crippen molar-refractivity contribution in [2.24, 2.45) is 0 Å². The first-order chi connectivity index (χ1) is 6.31. The maximum Gasteiger partial charge on any atom is 0.305 e. The van der Waals surface area contributed by atoms with Crippen molar-refractivity contribution in [2.75, 3.05) is 12.9 Å². The van der Waals surface area contributed by atoms with Gasteiger partial charge in [0.2, 0.25) is 0 Å². The lowest BCUT2D eigenvalue weighted by Gasteiger charge is -2.00. The molecule has 0 atom stereocenters. The molecule has 0 amide bonds. The molecular weight excluding hydrogens is 184 g/mol. The highest BCUT2D eigenvalue weighted by molar-refractivity contribution is 7.80.